The molecule has 2 N–H and O–H groups in total. The number of aromatic nitrogens is 3. The molecule has 0 bridgehead atoms. The molecule has 1 saturated heterocycles. The summed E-state index contributed by atoms with van der Waals surface area (Å²) < 4.78 is 6.85. The fraction of sp³-hybridized carbons (Fsp3) is 0.462. The maximum absolute atomic E-state index is 12.6. The standard InChI is InChI=1S/C13H17N5O2/c1-8-6-11(20-16-8)10-4-3-5-18(10)13(19)12-9(14)7-17(2)15-12/h6-7,10H,3-5,14H2,1-2H3. The summed E-state index contributed by atoms with van der Waals surface area (Å²) in [5, 5.41) is 8.03. The predicted molar refractivity (Wildman–Crippen MR) is 71.9 cm³/mol. The van der Waals surface area contributed by atoms with Gasteiger partial charge in [-0.3, -0.25) is 9.48 Å². The molecule has 0 radical (unpaired) electrons. The van der Waals surface area contributed by atoms with Crippen molar-refractivity contribution in [3.63, 3.8) is 0 Å². The van der Waals surface area contributed by atoms with Crippen LogP contribution in [0, 0.1) is 6.92 Å². The quantitative estimate of drug-likeness (QED) is 0.891. The first kappa shape index (κ1) is 12.7. The van der Waals surface area contributed by atoms with E-state index in [4.69, 9.17) is 10.3 Å². The Hall–Kier alpha value is -2.31. The van der Waals surface area contributed by atoms with Crippen molar-refractivity contribution in [2.24, 2.45) is 7.05 Å². The average molecular weight is 275 g/mol. The number of aryl methyl sites for hydroxylation is 2. The first-order chi connectivity index (χ1) is 9.56. The number of nitrogens with zero attached hydrogens (tertiary/aromatic N) is 4. The van der Waals surface area contributed by atoms with E-state index in [1.165, 1.54) is 0 Å². The normalized spacial score (nSPS) is 18.7. The minimum absolute atomic E-state index is 0.0786. The van der Waals surface area contributed by atoms with Gasteiger partial charge in [0, 0.05) is 25.9 Å². The van der Waals surface area contributed by atoms with Crippen LogP contribution < -0.4 is 5.73 Å². The molecule has 20 heavy (non-hydrogen) atoms. The number of likely N-dealkylation sites (tertiary alicyclic amines) is 1. The van der Waals surface area contributed by atoms with E-state index < -0.39 is 0 Å². The van der Waals surface area contributed by atoms with Gasteiger partial charge in [0.15, 0.2) is 11.5 Å². The number of carbonyl (C=O) groups is 1. The Morgan fingerprint density at radius 2 is 2.35 bits per heavy atom. The van der Waals surface area contributed by atoms with E-state index in [1.807, 2.05) is 13.0 Å². The number of nitrogen functional groups attached to an aromatic ring is 1. The fourth-order valence-corrected chi connectivity index (χ4v) is 2.65. The lowest BCUT2D eigenvalue weighted by atomic mass is 10.1. The van der Waals surface area contributed by atoms with E-state index in [0.717, 1.165) is 24.3 Å². The highest BCUT2D eigenvalue weighted by atomic mass is 16.5. The summed E-state index contributed by atoms with van der Waals surface area (Å²) in [5.41, 5.74) is 7.35. The zero-order chi connectivity index (χ0) is 14.3. The van der Waals surface area contributed by atoms with Crippen LogP contribution in [0.3, 0.4) is 0 Å². The van der Waals surface area contributed by atoms with Crippen LogP contribution >= 0.6 is 0 Å². The van der Waals surface area contributed by atoms with E-state index in [1.54, 1.807) is 22.8 Å². The van der Waals surface area contributed by atoms with Gasteiger partial charge < -0.3 is 15.2 Å². The zero-order valence-electron chi connectivity index (χ0n) is 11.5. The number of hydrogen-bond acceptors (Lipinski definition) is 5. The van der Waals surface area contributed by atoms with Gasteiger partial charge in [0.2, 0.25) is 0 Å². The van der Waals surface area contributed by atoms with E-state index in [0.29, 0.717) is 17.9 Å². The molecule has 1 unspecified atom stereocenters. The molecule has 0 saturated carbocycles. The summed E-state index contributed by atoms with van der Waals surface area (Å²) in [6.07, 6.45) is 3.44. The number of rotatable bonds is 2. The van der Waals surface area contributed by atoms with Crippen LogP contribution in [0.25, 0.3) is 0 Å². The summed E-state index contributed by atoms with van der Waals surface area (Å²) in [7, 11) is 1.74. The molecule has 2 aromatic rings. The first-order valence-electron chi connectivity index (χ1n) is 6.59. The Balaban J connectivity index is 1.89. The summed E-state index contributed by atoms with van der Waals surface area (Å²) in [6.45, 7) is 2.55. The molecule has 7 nitrogen and oxygen atoms in total. The minimum atomic E-state index is -0.153. The molecular formula is C13H17N5O2. The molecular weight excluding hydrogens is 258 g/mol. The van der Waals surface area contributed by atoms with Gasteiger partial charge in [0.05, 0.1) is 17.4 Å². The number of amides is 1. The molecule has 1 atom stereocenters. The molecule has 2 aromatic heterocycles. The van der Waals surface area contributed by atoms with Crippen molar-refractivity contribution in [2.75, 3.05) is 12.3 Å². The highest BCUT2D eigenvalue weighted by molar-refractivity contribution is 5.97. The van der Waals surface area contributed by atoms with Gasteiger partial charge >= 0.3 is 0 Å². The lowest BCUT2D eigenvalue weighted by molar-refractivity contribution is 0.0709. The van der Waals surface area contributed by atoms with Crippen LogP contribution in [-0.2, 0) is 7.05 Å². The van der Waals surface area contributed by atoms with Crippen molar-refractivity contribution in [3.05, 3.63) is 29.4 Å². The van der Waals surface area contributed by atoms with Crippen molar-refractivity contribution in [1.29, 1.82) is 0 Å². The van der Waals surface area contributed by atoms with Crippen LogP contribution in [0.1, 0.15) is 40.8 Å². The van der Waals surface area contributed by atoms with Gasteiger partial charge in [-0.25, -0.2) is 0 Å². The van der Waals surface area contributed by atoms with Crippen LogP contribution in [0.15, 0.2) is 16.8 Å². The van der Waals surface area contributed by atoms with Crippen LogP contribution in [-0.4, -0.2) is 32.3 Å². The Kier molecular flexibility index (Phi) is 2.96. The molecule has 0 aliphatic carbocycles. The Labute approximate surface area is 116 Å². The van der Waals surface area contributed by atoms with Crippen LogP contribution in [0.2, 0.25) is 0 Å². The molecule has 7 heteroatoms. The van der Waals surface area contributed by atoms with Gasteiger partial charge in [-0.2, -0.15) is 5.10 Å². The Morgan fingerprint density at radius 1 is 1.55 bits per heavy atom. The van der Waals surface area contributed by atoms with Crippen LogP contribution in [0.4, 0.5) is 5.69 Å². The monoisotopic (exact) mass is 275 g/mol. The predicted octanol–water partition coefficient (Wildman–Crippen LogP) is 1.28. The summed E-state index contributed by atoms with van der Waals surface area (Å²) in [5.74, 6) is 0.572. The highest BCUT2D eigenvalue weighted by Crippen LogP contribution is 2.33. The van der Waals surface area contributed by atoms with E-state index in [9.17, 15) is 4.79 Å². The largest absolute Gasteiger partial charge is 0.396 e. The highest BCUT2D eigenvalue weighted by Gasteiger charge is 2.34. The van der Waals surface area contributed by atoms with Crippen molar-refractivity contribution in [3.8, 4) is 0 Å². The third kappa shape index (κ3) is 2.04. The van der Waals surface area contributed by atoms with Crippen molar-refractivity contribution < 1.29 is 9.32 Å². The van der Waals surface area contributed by atoms with Gasteiger partial charge in [0.1, 0.15) is 0 Å². The molecule has 0 spiro atoms. The third-order valence-corrected chi connectivity index (χ3v) is 3.55. The Bertz CT molecular complexity index is 645. The zero-order valence-corrected chi connectivity index (χ0v) is 11.5. The second kappa shape index (κ2) is 4.66. The topological polar surface area (TPSA) is 90.2 Å². The molecule has 1 aliphatic heterocycles. The van der Waals surface area contributed by atoms with Crippen molar-refractivity contribution in [1.82, 2.24) is 19.8 Å². The SMILES string of the molecule is Cc1cc(C2CCCN2C(=O)c2nn(C)cc2N)on1. The van der Waals surface area contributed by atoms with Gasteiger partial charge in [-0.15, -0.1) is 0 Å². The van der Waals surface area contributed by atoms with E-state index in [2.05, 4.69) is 10.3 Å². The second-order valence-electron chi connectivity index (χ2n) is 5.13. The van der Waals surface area contributed by atoms with Gasteiger partial charge in [-0.1, -0.05) is 5.16 Å². The summed E-state index contributed by atoms with van der Waals surface area (Å²) in [4.78, 5) is 14.3. The van der Waals surface area contributed by atoms with E-state index >= 15 is 0 Å². The first-order valence-corrected chi connectivity index (χ1v) is 6.59. The lowest BCUT2D eigenvalue weighted by Crippen LogP contribution is -2.31. The average Bonchev–Trinajstić information content (AvgIpc) is 3.08. The second-order valence-corrected chi connectivity index (χ2v) is 5.13. The van der Waals surface area contributed by atoms with Crippen molar-refractivity contribution in [2.45, 2.75) is 25.8 Å². The lowest BCUT2D eigenvalue weighted by Gasteiger charge is -2.21. The number of hydrogen-bond donors (Lipinski definition) is 1. The number of nitrogens with two attached hydrogens (primary N) is 1. The Morgan fingerprint density at radius 3 is 2.95 bits per heavy atom. The molecule has 106 valence electrons. The molecule has 1 amide bonds. The maximum atomic E-state index is 12.6. The summed E-state index contributed by atoms with van der Waals surface area (Å²) in [6, 6.07) is 1.79. The molecule has 0 aromatic carbocycles. The van der Waals surface area contributed by atoms with Crippen molar-refractivity contribution >= 4 is 11.6 Å². The molecule has 3 heterocycles. The third-order valence-electron chi connectivity index (χ3n) is 3.55. The van der Waals surface area contributed by atoms with E-state index in [-0.39, 0.29) is 11.9 Å². The van der Waals surface area contributed by atoms with Gasteiger partial charge in [-0.05, 0) is 19.8 Å². The smallest absolute Gasteiger partial charge is 0.277 e. The molecule has 1 fully saturated rings. The number of carbonyl (C=O) groups excluding carboxylic acids is 1. The molecule has 1 aliphatic rings. The summed E-state index contributed by atoms with van der Waals surface area (Å²) >= 11 is 0. The van der Waals surface area contributed by atoms with Crippen LogP contribution in [0.5, 0.6) is 0 Å². The molecule has 3 rings (SSSR count). The minimum Gasteiger partial charge on any atom is -0.396 e. The van der Waals surface area contributed by atoms with Gasteiger partial charge in [0.25, 0.3) is 5.91 Å². The number of anilines is 1. The fourth-order valence-electron chi connectivity index (χ4n) is 2.65. The maximum Gasteiger partial charge on any atom is 0.277 e.